The molecule has 0 fully saturated rings. The van der Waals surface area contributed by atoms with Gasteiger partial charge in [-0.3, -0.25) is 0 Å². The van der Waals surface area contributed by atoms with Gasteiger partial charge in [-0.25, -0.2) is 4.68 Å². The Labute approximate surface area is 107 Å². The van der Waals surface area contributed by atoms with Crippen molar-refractivity contribution in [2.45, 2.75) is 26.1 Å². The van der Waals surface area contributed by atoms with Crippen LogP contribution in [0.25, 0.3) is 11.4 Å². The Morgan fingerprint density at radius 2 is 2.05 bits per heavy atom. The topological polar surface area (TPSA) is 69.6 Å². The van der Waals surface area contributed by atoms with Crippen LogP contribution >= 0.6 is 0 Å². The molecule has 0 atom stereocenters. The zero-order chi connectivity index (χ0) is 14.0. The fourth-order valence-corrected chi connectivity index (χ4v) is 1.72. The Balaban J connectivity index is 2.28. The minimum atomic E-state index is -4.24. The molecule has 0 unspecified atom stereocenters. The highest BCUT2D eigenvalue weighted by Gasteiger charge is 2.27. The number of anilines is 1. The predicted molar refractivity (Wildman–Crippen MR) is 63.1 cm³/mol. The summed E-state index contributed by atoms with van der Waals surface area (Å²) in [7, 11) is 0. The van der Waals surface area contributed by atoms with Gasteiger partial charge in [0.15, 0.2) is 5.82 Å². The number of halogens is 3. The molecule has 8 heteroatoms. The summed E-state index contributed by atoms with van der Waals surface area (Å²) in [6.07, 6.45) is -5.21. The monoisotopic (exact) mass is 271 g/mol. The van der Waals surface area contributed by atoms with Gasteiger partial charge in [0.05, 0.1) is 13.0 Å². The number of hydrogen-bond donors (Lipinski definition) is 1. The summed E-state index contributed by atoms with van der Waals surface area (Å²) in [5, 5.41) is 10.8. The number of benzene rings is 1. The van der Waals surface area contributed by atoms with Gasteiger partial charge in [-0.15, -0.1) is 5.10 Å². The van der Waals surface area contributed by atoms with Gasteiger partial charge in [0, 0.05) is 11.3 Å². The molecule has 0 aliphatic rings. The second-order valence-corrected chi connectivity index (χ2v) is 4.17. The molecule has 102 valence electrons. The molecule has 0 saturated heterocycles. The minimum absolute atomic E-state index is 0.307. The van der Waals surface area contributed by atoms with E-state index < -0.39 is 12.6 Å². The molecule has 0 spiro atoms. The molecule has 0 radical (unpaired) electrons. The van der Waals surface area contributed by atoms with Crippen molar-refractivity contribution in [3.05, 3.63) is 23.8 Å². The van der Waals surface area contributed by atoms with Crippen molar-refractivity contribution < 1.29 is 13.2 Å². The highest BCUT2D eigenvalue weighted by Crippen LogP contribution is 2.25. The molecule has 2 rings (SSSR count). The first-order chi connectivity index (χ1) is 8.87. The largest absolute Gasteiger partial charge is 0.399 e. The SMILES string of the molecule is Cc1cc(N)ccc1-c1nnnn1CCC(F)(F)F. The molecule has 2 N–H and O–H groups in total. The van der Waals surface area contributed by atoms with Crippen LogP contribution in [-0.4, -0.2) is 26.4 Å². The van der Waals surface area contributed by atoms with Gasteiger partial charge >= 0.3 is 6.18 Å². The average Bonchev–Trinajstić information content (AvgIpc) is 2.73. The smallest absolute Gasteiger partial charge is 0.390 e. The second-order valence-electron chi connectivity index (χ2n) is 4.17. The predicted octanol–water partition coefficient (Wildman–Crippen LogP) is 2.18. The molecule has 0 amide bonds. The first kappa shape index (κ1) is 13.3. The number of alkyl halides is 3. The summed E-state index contributed by atoms with van der Waals surface area (Å²) in [5.74, 6) is 0.307. The Kier molecular flexibility index (Phi) is 3.41. The van der Waals surface area contributed by atoms with Crippen LogP contribution in [0.1, 0.15) is 12.0 Å². The van der Waals surface area contributed by atoms with Crippen LogP contribution in [-0.2, 0) is 6.54 Å². The molecular weight excluding hydrogens is 259 g/mol. The van der Waals surface area contributed by atoms with E-state index in [1.54, 1.807) is 25.1 Å². The quantitative estimate of drug-likeness (QED) is 0.869. The van der Waals surface area contributed by atoms with Crippen molar-refractivity contribution in [3.63, 3.8) is 0 Å². The average molecular weight is 271 g/mol. The molecule has 1 heterocycles. The fourth-order valence-electron chi connectivity index (χ4n) is 1.72. The lowest BCUT2D eigenvalue weighted by Gasteiger charge is -2.09. The molecule has 0 saturated carbocycles. The lowest BCUT2D eigenvalue weighted by Crippen LogP contribution is -2.14. The number of hydrogen-bond acceptors (Lipinski definition) is 4. The van der Waals surface area contributed by atoms with E-state index in [0.717, 1.165) is 10.2 Å². The Morgan fingerprint density at radius 1 is 1.32 bits per heavy atom. The van der Waals surface area contributed by atoms with Crippen molar-refractivity contribution in [3.8, 4) is 11.4 Å². The van der Waals surface area contributed by atoms with Gasteiger partial charge < -0.3 is 5.73 Å². The van der Waals surface area contributed by atoms with Crippen molar-refractivity contribution >= 4 is 5.69 Å². The Morgan fingerprint density at radius 3 is 2.68 bits per heavy atom. The number of tetrazole rings is 1. The first-order valence-corrected chi connectivity index (χ1v) is 5.56. The molecule has 1 aromatic carbocycles. The Hall–Kier alpha value is -2.12. The van der Waals surface area contributed by atoms with E-state index in [9.17, 15) is 13.2 Å². The van der Waals surface area contributed by atoms with Gasteiger partial charge in [-0.05, 0) is 41.1 Å². The van der Waals surface area contributed by atoms with E-state index >= 15 is 0 Å². The maximum atomic E-state index is 12.2. The maximum absolute atomic E-state index is 12.2. The van der Waals surface area contributed by atoms with Crippen molar-refractivity contribution in [2.75, 3.05) is 5.73 Å². The van der Waals surface area contributed by atoms with Gasteiger partial charge in [-0.2, -0.15) is 13.2 Å². The summed E-state index contributed by atoms with van der Waals surface area (Å²) in [6.45, 7) is 1.49. The highest BCUT2D eigenvalue weighted by molar-refractivity contribution is 5.63. The lowest BCUT2D eigenvalue weighted by molar-refractivity contribution is -0.137. The fraction of sp³-hybridized carbons (Fsp3) is 0.364. The molecule has 0 aliphatic carbocycles. The normalized spacial score (nSPS) is 11.8. The summed E-state index contributed by atoms with van der Waals surface area (Å²) in [5.41, 5.74) is 7.68. The number of rotatable bonds is 3. The first-order valence-electron chi connectivity index (χ1n) is 5.56. The number of nitrogens with two attached hydrogens (primary N) is 1. The Bertz CT molecular complexity index is 576. The summed E-state index contributed by atoms with van der Waals surface area (Å²) in [6, 6.07) is 5.07. The third-order valence-corrected chi connectivity index (χ3v) is 2.63. The molecule has 5 nitrogen and oxygen atoms in total. The highest BCUT2D eigenvalue weighted by atomic mass is 19.4. The molecule has 2 aromatic rings. The van der Waals surface area contributed by atoms with Crippen molar-refractivity contribution in [2.24, 2.45) is 0 Å². The molecule has 1 aromatic heterocycles. The number of nitrogens with zero attached hydrogens (tertiary/aromatic N) is 4. The number of aryl methyl sites for hydroxylation is 2. The number of aromatic nitrogens is 4. The second kappa shape index (κ2) is 4.87. The van der Waals surface area contributed by atoms with E-state index in [1.807, 2.05) is 0 Å². The third kappa shape index (κ3) is 3.21. The zero-order valence-electron chi connectivity index (χ0n) is 10.1. The van der Waals surface area contributed by atoms with Crippen LogP contribution in [0.4, 0.5) is 18.9 Å². The van der Waals surface area contributed by atoms with Crippen LogP contribution in [0.3, 0.4) is 0 Å². The van der Waals surface area contributed by atoms with Crippen LogP contribution in [0.5, 0.6) is 0 Å². The van der Waals surface area contributed by atoms with E-state index in [-0.39, 0.29) is 6.54 Å². The van der Waals surface area contributed by atoms with Gasteiger partial charge in [0.2, 0.25) is 0 Å². The molecule has 0 bridgehead atoms. The van der Waals surface area contributed by atoms with Crippen molar-refractivity contribution in [1.82, 2.24) is 20.2 Å². The number of nitrogen functional groups attached to an aromatic ring is 1. The van der Waals surface area contributed by atoms with Crippen LogP contribution in [0.15, 0.2) is 18.2 Å². The van der Waals surface area contributed by atoms with E-state index in [4.69, 9.17) is 5.73 Å². The third-order valence-electron chi connectivity index (χ3n) is 2.63. The minimum Gasteiger partial charge on any atom is -0.399 e. The van der Waals surface area contributed by atoms with Gasteiger partial charge in [0.1, 0.15) is 0 Å². The summed E-state index contributed by atoms with van der Waals surface area (Å²) < 4.78 is 37.8. The summed E-state index contributed by atoms with van der Waals surface area (Å²) in [4.78, 5) is 0. The molecular formula is C11H12F3N5. The molecule has 0 aliphatic heterocycles. The van der Waals surface area contributed by atoms with Crippen molar-refractivity contribution in [1.29, 1.82) is 0 Å². The molecule has 19 heavy (non-hydrogen) atoms. The van der Waals surface area contributed by atoms with Crippen LogP contribution < -0.4 is 5.73 Å². The van der Waals surface area contributed by atoms with E-state index in [0.29, 0.717) is 17.1 Å². The maximum Gasteiger partial charge on any atom is 0.390 e. The van der Waals surface area contributed by atoms with E-state index in [1.165, 1.54) is 0 Å². The summed E-state index contributed by atoms with van der Waals surface area (Å²) >= 11 is 0. The van der Waals surface area contributed by atoms with Crippen LogP contribution in [0, 0.1) is 6.92 Å². The lowest BCUT2D eigenvalue weighted by atomic mass is 10.1. The standard InChI is InChI=1S/C11H12F3N5/c1-7-6-8(15)2-3-9(7)10-16-17-18-19(10)5-4-11(12,13)14/h2-3,6H,4-5,15H2,1H3. The van der Waals surface area contributed by atoms with Crippen LogP contribution in [0.2, 0.25) is 0 Å². The van der Waals surface area contributed by atoms with Gasteiger partial charge in [-0.1, -0.05) is 0 Å². The van der Waals surface area contributed by atoms with Gasteiger partial charge in [0.25, 0.3) is 0 Å². The van der Waals surface area contributed by atoms with E-state index in [2.05, 4.69) is 15.5 Å². The zero-order valence-corrected chi connectivity index (χ0v) is 10.1.